The summed E-state index contributed by atoms with van der Waals surface area (Å²) < 4.78 is 5.79. The van der Waals surface area contributed by atoms with Gasteiger partial charge in [0.15, 0.2) is 5.96 Å². The number of aliphatic imine (C=N–C) groups is 1. The molecule has 1 amide bonds. The lowest BCUT2D eigenvalue weighted by Gasteiger charge is -2.14. The van der Waals surface area contributed by atoms with Crippen molar-refractivity contribution in [2.24, 2.45) is 4.99 Å². The fraction of sp³-hybridized carbons (Fsp3) is 0.500. The van der Waals surface area contributed by atoms with E-state index in [-0.39, 0.29) is 17.4 Å². The Kier molecular flexibility index (Phi) is 7.82. The Morgan fingerprint density at radius 2 is 1.97 bits per heavy atom. The highest BCUT2D eigenvalue weighted by Crippen LogP contribution is 2.22. The molecular formula is C22H33N5O2. The summed E-state index contributed by atoms with van der Waals surface area (Å²) in [4.78, 5) is 20.8. The minimum absolute atomic E-state index is 0.0535. The van der Waals surface area contributed by atoms with Crippen molar-refractivity contribution >= 4 is 11.9 Å². The number of aromatic nitrogens is 1. The number of hydrogen-bond donors (Lipinski definition) is 3. The average Bonchev–Trinajstić information content (AvgIpc) is 3.17. The standard InChI is InChI=1S/C22H33N5O2/c1-7-15(2)27-20(28)17-10-8-9-16(11-17)12-25-21(23-6)26-14-19-24-13-18(29-19)22(3,4)5/h8-11,13,15H,7,12,14H2,1-6H3,(H,27,28)(H2,23,25,26). The Morgan fingerprint density at radius 3 is 2.59 bits per heavy atom. The number of carbonyl (C=O) groups is 1. The second-order valence-corrected chi connectivity index (χ2v) is 8.13. The summed E-state index contributed by atoms with van der Waals surface area (Å²) in [6.45, 7) is 11.3. The highest BCUT2D eigenvalue weighted by atomic mass is 16.4. The number of rotatable bonds is 7. The first-order valence-electron chi connectivity index (χ1n) is 10.0. The van der Waals surface area contributed by atoms with Crippen molar-refractivity contribution in [1.29, 1.82) is 0 Å². The Balaban J connectivity index is 1.90. The van der Waals surface area contributed by atoms with Gasteiger partial charge in [-0.25, -0.2) is 4.98 Å². The van der Waals surface area contributed by atoms with Crippen LogP contribution in [0.4, 0.5) is 0 Å². The van der Waals surface area contributed by atoms with Crippen molar-refractivity contribution in [3.05, 3.63) is 53.2 Å². The molecule has 2 rings (SSSR count). The van der Waals surface area contributed by atoms with Gasteiger partial charge in [-0.1, -0.05) is 39.8 Å². The van der Waals surface area contributed by atoms with Gasteiger partial charge < -0.3 is 20.4 Å². The van der Waals surface area contributed by atoms with Crippen LogP contribution in [0.3, 0.4) is 0 Å². The van der Waals surface area contributed by atoms with Crippen molar-refractivity contribution < 1.29 is 9.21 Å². The summed E-state index contributed by atoms with van der Waals surface area (Å²) >= 11 is 0. The monoisotopic (exact) mass is 399 g/mol. The molecule has 7 nitrogen and oxygen atoms in total. The molecule has 1 aromatic heterocycles. The highest BCUT2D eigenvalue weighted by Gasteiger charge is 2.19. The summed E-state index contributed by atoms with van der Waals surface area (Å²) in [6, 6.07) is 7.73. The van der Waals surface area contributed by atoms with Gasteiger partial charge in [0.05, 0.1) is 12.7 Å². The first kappa shape index (κ1) is 22.5. The Morgan fingerprint density at radius 1 is 1.24 bits per heavy atom. The normalized spacial score (nSPS) is 13.1. The third-order valence-corrected chi connectivity index (χ3v) is 4.56. The van der Waals surface area contributed by atoms with E-state index in [4.69, 9.17) is 4.42 Å². The maximum Gasteiger partial charge on any atom is 0.251 e. The van der Waals surface area contributed by atoms with Gasteiger partial charge in [0, 0.05) is 30.6 Å². The van der Waals surface area contributed by atoms with Crippen LogP contribution in [0, 0.1) is 0 Å². The van der Waals surface area contributed by atoms with Crippen LogP contribution in [0.1, 0.15) is 68.6 Å². The van der Waals surface area contributed by atoms with Crippen molar-refractivity contribution in [2.75, 3.05) is 7.05 Å². The van der Waals surface area contributed by atoms with E-state index in [0.717, 1.165) is 17.7 Å². The number of hydrogen-bond acceptors (Lipinski definition) is 4. The second kappa shape index (κ2) is 10.1. The van der Waals surface area contributed by atoms with Crippen LogP contribution in [0.5, 0.6) is 0 Å². The van der Waals surface area contributed by atoms with Crippen LogP contribution in [0.2, 0.25) is 0 Å². The Labute approximate surface area is 173 Å². The molecule has 2 aromatic rings. The number of guanidine groups is 1. The molecule has 0 aliphatic rings. The first-order chi connectivity index (χ1) is 13.7. The van der Waals surface area contributed by atoms with Crippen LogP contribution in [-0.4, -0.2) is 29.9 Å². The first-order valence-corrected chi connectivity index (χ1v) is 10.0. The third-order valence-electron chi connectivity index (χ3n) is 4.56. The smallest absolute Gasteiger partial charge is 0.251 e. The molecule has 1 unspecified atom stereocenters. The number of oxazole rings is 1. The average molecular weight is 400 g/mol. The van der Waals surface area contributed by atoms with Crippen molar-refractivity contribution in [3.63, 3.8) is 0 Å². The molecule has 0 saturated carbocycles. The molecule has 7 heteroatoms. The van der Waals surface area contributed by atoms with Crippen molar-refractivity contribution in [1.82, 2.24) is 20.9 Å². The quantitative estimate of drug-likeness (QED) is 0.490. The van der Waals surface area contributed by atoms with Crippen LogP contribution < -0.4 is 16.0 Å². The van der Waals surface area contributed by atoms with E-state index < -0.39 is 0 Å². The molecule has 0 saturated heterocycles. The third kappa shape index (κ3) is 6.93. The number of amides is 1. The van der Waals surface area contributed by atoms with Gasteiger partial charge in [-0.2, -0.15) is 0 Å². The van der Waals surface area contributed by atoms with E-state index >= 15 is 0 Å². The van der Waals surface area contributed by atoms with E-state index in [1.54, 1.807) is 13.2 Å². The fourth-order valence-electron chi connectivity index (χ4n) is 2.54. The van der Waals surface area contributed by atoms with Gasteiger partial charge in [-0.3, -0.25) is 9.79 Å². The molecule has 0 aliphatic carbocycles. The minimum Gasteiger partial charge on any atom is -0.443 e. The van der Waals surface area contributed by atoms with Crippen molar-refractivity contribution in [3.8, 4) is 0 Å². The number of carbonyl (C=O) groups excluding carboxylic acids is 1. The zero-order valence-electron chi connectivity index (χ0n) is 18.3. The van der Waals surface area contributed by atoms with Crippen LogP contribution >= 0.6 is 0 Å². The lowest BCUT2D eigenvalue weighted by molar-refractivity contribution is 0.0939. The zero-order valence-corrected chi connectivity index (χ0v) is 18.3. The lowest BCUT2D eigenvalue weighted by atomic mass is 9.94. The van der Waals surface area contributed by atoms with Crippen LogP contribution in [-0.2, 0) is 18.5 Å². The van der Waals surface area contributed by atoms with Crippen LogP contribution in [0.15, 0.2) is 39.9 Å². The molecule has 0 fully saturated rings. The number of nitrogens with zero attached hydrogens (tertiary/aromatic N) is 2. The van der Waals surface area contributed by atoms with Gasteiger partial charge in [0.1, 0.15) is 5.76 Å². The summed E-state index contributed by atoms with van der Waals surface area (Å²) in [5, 5.41) is 9.43. The maximum absolute atomic E-state index is 12.3. The van der Waals surface area contributed by atoms with Gasteiger partial charge in [0.25, 0.3) is 5.91 Å². The van der Waals surface area contributed by atoms with E-state index in [0.29, 0.717) is 30.5 Å². The maximum atomic E-state index is 12.3. The van der Waals surface area contributed by atoms with Gasteiger partial charge in [-0.15, -0.1) is 0 Å². The summed E-state index contributed by atoms with van der Waals surface area (Å²) in [7, 11) is 1.71. The predicted octanol–water partition coefficient (Wildman–Crippen LogP) is 3.37. The van der Waals surface area contributed by atoms with Crippen molar-refractivity contribution in [2.45, 2.75) is 65.6 Å². The SMILES string of the molecule is CCC(C)NC(=O)c1cccc(CNC(=NC)NCc2ncc(C(C)(C)C)o2)c1. The minimum atomic E-state index is -0.0720. The topological polar surface area (TPSA) is 91.5 Å². The van der Waals surface area contributed by atoms with Gasteiger partial charge in [-0.05, 0) is 31.0 Å². The summed E-state index contributed by atoms with van der Waals surface area (Å²) in [5.74, 6) is 2.04. The number of benzene rings is 1. The molecule has 1 atom stereocenters. The molecular weight excluding hydrogens is 366 g/mol. The van der Waals surface area contributed by atoms with Gasteiger partial charge >= 0.3 is 0 Å². The van der Waals surface area contributed by atoms with E-state index in [1.165, 1.54) is 0 Å². The second-order valence-electron chi connectivity index (χ2n) is 8.13. The molecule has 0 bridgehead atoms. The fourth-order valence-corrected chi connectivity index (χ4v) is 2.54. The molecule has 0 radical (unpaired) electrons. The molecule has 158 valence electrons. The zero-order chi connectivity index (χ0) is 21.4. The molecule has 1 aromatic carbocycles. The van der Waals surface area contributed by atoms with E-state index in [1.807, 2.05) is 38.1 Å². The molecule has 3 N–H and O–H groups in total. The summed E-state index contributed by atoms with van der Waals surface area (Å²) in [5.41, 5.74) is 1.58. The molecule has 0 spiro atoms. The Hall–Kier alpha value is -2.83. The lowest BCUT2D eigenvalue weighted by Crippen LogP contribution is -2.36. The highest BCUT2D eigenvalue weighted by molar-refractivity contribution is 5.94. The van der Waals surface area contributed by atoms with Crippen LogP contribution in [0.25, 0.3) is 0 Å². The number of nitrogens with one attached hydrogen (secondary N) is 3. The van der Waals surface area contributed by atoms with E-state index in [2.05, 4.69) is 46.7 Å². The van der Waals surface area contributed by atoms with E-state index in [9.17, 15) is 4.79 Å². The molecule has 29 heavy (non-hydrogen) atoms. The molecule has 0 aliphatic heterocycles. The summed E-state index contributed by atoms with van der Waals surface area (Å²) in [6.07, 6.45) is 2.67. The largest absolute Gasteiger partial charge is 0.443 e. The Bertz CT molecular complexity index is 836. The molecule has 1 heterocycles. The predicted molar refractivity (Wildman–Crippen MR) is 116 cm³/mol. The van der Waals surface area contributed by atoms with Gasteiger partial charge in [0.2, 0.25) is 5.89 Å².